The minimum Gasteiger partial charge on any atom is -0.369 e. The van der Waals surface area contributed by atoms with Crippen LogP contribution in [0.5, 0.6) is 0 Å². The third-order valence-electron chi connectivity index (χ3n) is 8.12. The van der Waals surface area contributed by atoms with Crippen LogP contribution in [0.25, 0.3) is 0 Å². The molecule has 6 rings (SSSR count). The molecule has 5 heterocycles. The lowest BCUT2D eigenvalue weighted by atomic mass is 9.74. The van der Waals surface area contributed by atoms with E-state index in [1.165, 1.54) is 5.56 Å². The van der Waals surface area contributed by atoms with E-state index in [1.54, 1.807) is 0 Å². The van der Waals surface area contributed by atoms with Crippen LogP contribution >= 0.6 is 0 Å². The fourth-order valence-electron chi connectivity index (χ4n) is 6.17. The number of nitrogens with zero attached hydrogens (tertiary/aromatic N) is 6. The van der Waals surface area contributed by atoms with Crippen LogP contribution in [0.2, 0.25) is 0 Å². The standard InChI is InChI=1S/C26H37N7O2/c1-30(14-19-5-3-2-4-6-19)15-22-16-33(29-28-22)17-23-13-21-9-12-32(23)18-24(21)26(35)31-10-7-20(8-11-31)25(27)34/h2-6,16,20-21,23-24H,7-15,17-18H2,1H3,(H2,27,34)/t21-,23-,24+/m1/s1. The van der Waals surface area contributed by atoms with Crippen molar-refractivity contribution in [2.45, 2.75) is 51.4 Å². The molecule has 1 aromatic heterocycles. The molecule has 9 heteroatoms. The van der Waals surface area contributed by atoms with Crippen molar-refractivity contribution in [3.63, 3.8) is 0 Å². The lowest BCUT2D eigenvalue weighted by Gasteiger charge is -2.50. The number of rotatable bonds is 8. The molecule has 4 atom stereocenters. The van der Waals surface area contributed by atoms with Crippen LogP contribution in [0, 0.1) is 17.8 Å². The molecule has 188 valence electrons. The van der Waals surface area contributed by atoms with E-state index in [1.807, 2.05) is 15.6 Å². The summed E-state index contributed by atoms with van der Waals surface area (Å²) in [7, 11) is 2.10. The van der Waals surface area contributed by atoms with Crippen molar-refractivity contribution in [2.24, 2.45) is 23.5 Å². The number of amides is 2. The molecule has 9 nitrogen and oxygen atoms in total. The van der Waals surface area contributed by atoms with Gasteiger partial charge < -0.3 is 10.6 Å². The highest BCUT2D eigenvalue weighted by Gasteiger charge is 2.45. The van der Waals surface area contributed by atoms with Crippen LogP contribution in [-0.2, 0) is 29.2 Å². The lowest BCUT2D eigenvalue weighted by Crippen LogP contribution is -2.59. The van der Waals surface area contributed by atoms with Gasteiger partial charge in [0.15, 0.2) is 0 Å². The van der Waals surface area contributed by atoms with Crippen LogP contribution in [-0.4, -0.2) is 80.8 Å². The van der Waals surface area contributed by atoms with Crippen molar-refractivity contribution in [1.29, 1.82) is 0 Å². The van der Waals surface area contributed by atoms with Gasteiger partial charge >= 0.3 is 0 Å². The Balaban J connectivity index is 1.12. The maximum absolute atomic E-state index is 13.3. The van der Waals surface area contributed by atoms with Crippen LogP contribution in [0.15, 0.2) is 36.5 Å². The van der Waals surface area contributed by atoms with Gasteiger partial charge in [0.2, 0.25) is 11.8 Å². The van der Waals surface area contributed by atoms with Gasteiger partial charge in [-0.05, 0) is 50.8 Å². The highest BCUT2D eigenvalue weighted by molar-refractivity contribution is 5.81. The van der Waals surface area contributed by atoms with E-state index in [0.29, 0.717) is 37.9 Å². The zero-order valence-electron chi connectivity index (χ0n) is 20.6. The van der Waals surface area contributed by atoms with E-state index < -0.39 is 0 Å². The van der Waals surface area contributed by atoms with Crippen molar-refractivity contribution in [3.05, 3.63) is 47.8 Å². The molecule has 2 N–H and O–H groups in total. The molecule has 2 bridgehead atoms. The molecule has 35 heavy (non-hydrogen) atoms. The van der Waals surface area contributed by atoms with Crippen LogP contribution in [0.1, 0.15) is 36.9 Å². The average Bonchev–Trinajstić information content (AvgIpc) is 3.31. The Bertz CT molecular complexity index is 1020. The zero-order chi connectivity index (χ0) is 24.4. The average molecular weight is 480 g/mol. The second-order valence-corrected chi connectivity index (χ2v) is 10.6. The molecule has 0 spiro atoms. The number of benzene rings is 1. The summed E-state index contributed by atoms with van der Waals surface area (Å²) in [5.41, 5.74) is 7.72. The third-order valence-corrected chi connectivity index (χ3v) is 8.12. The third kappa shape index (κ3) is 5.56. The topological polar surface area (TPSA) is 101 Å². The normalized spacial score (nSPS) is 26.9. The van der Waals surface area contributed by atoms with Gasteiger partial charge in [0, 0.05) is 50.9 Å². The number of carbonyl (C=O) groups is 2. The number of nitrogens with two attached hydrogens (primary N) is 1. The molecule has 1 aromatic carbocycles. The van der Waals surface area contributed by atoms with Crippen molar-refractivity contribution >= 4 is 11.8 Å². The Kier molecular flexibility index (Phi) is 7.15. The summed E-state index contributed by atoms with van der Waals surface area (Å²) < 4.78 is 1.97. The number of fused-ring (bicyclic) bond motifs is 3. The maximum atomic E-state index is 13.3. The minimum absolute atomic E-state index is 0.0723. The lowest BCUT2D eigenvalue weighted by molar-refractivity contribution is -0.146. The van der Waals surface area contributed by atoms with Crippen molar-refractivity contribution in [2.75, 3.05) is 33.2 Å². The number of primary amides is 1. The van der Waals surface area contributed by atoms with Crippen LogP contribution < -0.4 is 5.73 Å². The Morgan fingerprint density at radius 2 is 1.86 bits per heavy atom. The SMILES string of the molecule is CN(Cc1ccccc1)Cc1cn(C[C@H]2C[C@H]3CCN2C[C@@H]3C(=O)N2CCC(C(N)=O)CC2)nn1. The summed E-state index contributed by atoms with van der Waals surface area (Å²) in [6.07, 6.45) is 5.56. The van der Waals surface area contributed by atoms with Crippen LogP contribution in [0.3, 0.4) is 0 Å². The number of hydrogen-bond acceptors (Lipinski definition) is 6. The minimum atomic E-state index is -0.234. The van der Waals surface area contributed by atoms with Gasteiger partial charge in [0.05, 0.1) is 18.2 Å². The summed E-state index contributed by atoms with van der Waals surface area (Å²) >= 11 is 0. The summed E-state index contributed by atoms with van der Waals surface area (Å²) in [6.45, 7) is 5.63. The van der Waals surface area contributed by atoms with Gasteiger partial charge in [-0.15, -0.1) is 5.10 Å². The maximum Gasteiger partial charge on any atom is 0.227 e. The van der Waals surface area contributed by atoms with Crippen molar-refractivity contribution in [3.8, 4) is 0 Å². The molecule has 0 aliphatic carbocycles. The summed E-state index contributed by atoms with van der Waals surface area (Å²) in [6, 6.07) is 10.8. The number of carbonyl (C=O) groups excluding carboxylic acids is 2. The number of likely N-dealkylation sites (tertiary alicyclic amines) is 1. The van der Waals surface area contributed by atoms with E-state index >= 15 is 0 Å². The van der Waals surface area contributed by atoms with E-state index in [-0.39, 0.29) is 23.7 Å². The van der Waals surface area contributed by atoms with Gasteiger partial charge in [-0.25, -0.2) is 0 Å². The van der Waals surface area contributed by atoms with Gasteiger partial charge in [-0.2, -0.15) is 0 Å². The molecular weight excluding hydrogens is 442 g/mol. The summed E-state index contributed by atoms with van der Waals surface area (Å²) in [5, 5.41) is 8.81. The molecule has 2 amide bonds. The predicted molar refractivity (Wildman–Crippen MR) is 132 cm³/mol. The largest absolute Gasteiger partial charge is 0.369 e. The van der Waals surface area contributed by atoms with E-state index in [9.17, 15) is 9.59 Å². The quantitative estimate of drug-likeness (QED) is 0.613. The summed E-state index contributed by atoms with van der Waals surface area (Å²) in [5.74, 6) is 0.447. The number of aromatic nitrogens is 3. The van der Waals surface area contributed by atoms with Crippen molar-refractivity contribution in [1.82, 2.24) is 29.7 Å². The van der Waals surface area contributed by atoms with E-state index in [0.717, 1.165) is 51.3 Å². The Morgan fingerprint density at radius 3 is 2.54 bits per heavy atom. The highest BCUT2D eigenvalue weighted by atomic mass is 16.2. The second-order valence-electron chi connectivity index (χ2n) is 10.6. The molecule has 4 saturated heterocycles. The smallest absolute Gasteiger partial charge is 0.227 e. The molecular formula is C26H37N7O2. The van der Waals surface area contributed by atoms with Gasteiger partial charge in [-0.1, -0.05) is 35.5 Å². The number of piperidine rings is 4. The van der Waals surface area contributed by atoms with Gasteiger partial charge in [-0.3, -0.25) is 24.1 Å². The van der Waals surface area contributed by atoms with Crippen molar-refractivity contribution < 1.29 is 9.59 Å². The first-order valence-electron chi connectivity index (χ1n) is 12.9. The Labute approximate surface area is 207 Å². The molecule has 4 fully saturated rings. The second kappa shape index (κ2) is 10.5. The Morgan fingerprint density at radius 1 is 1.09 bits per heavy atom. The van der Waals surface area contributed by atoms with E-state index in [4.69, 9.17) is 5.73 Å². The fourth-order valence-corrected chi connectivity index (χ4v) is 6.17. The first-order valence-corrected chi connectivity index (χ1v) is 12.9. The van der Waals surface area contributed by atoms with Crippen LogP contribution in [0.4, 0.5) is 0 Å². The predicted octanol–water partition coefficient (Wildman–Crippen LogP) is 1.34. The fraction of sp³-hybridized carbons (Fsp3) is 0.615. The highest BCUT2D eigenvalue weighted by Crippen LogP contribution is 2.38. The molecule has 2 aromatic rings. The van der Waals surface area contributed by atoms with Gasteiger partial charge in [0.25, 0.3) is 0 Å². The first-order chi connectivity index (χ1) is 17.0. The molecule has 0 saturated carbocycles. The molecule has 4 aliphatic rings. The summed E-state index contributed by atoms with van der Waals surface area (Å²) in [4.78, 5) is 31.4. The zero-order valence-corrected chi connectivity index (χ0v) is 20.6. The van der Waals surface area contributed by atoms with Gasteiger partial charge in [0.1, 0.15) is 0 Å². The monoisotopic (exact) mass is 479 g/mol. The molecule has 0 radical (unpaired) electrons. The number of hydrogen-bond donors (Lipinski definition) is 1. The van der Waals surface area contributed by atoms with E-state index in [2.05, 4.69) is 57.6 Å². The molecule has 4 aliphatic heterocycles. The first kappa shape index (κ1) is 23.9. The molecule has 1 unspecified atom stereocenters. The Hall–Kier alpha value is -2.78.